The number of carbonyl (C=O) groups is 1. The number of hydrogen-bond donors (Lipinski definition) is 1. The summed E-state index contributed by atoms with van der Waals surface area (Å²) in [6.07, 6.45) is 4.61. The number of halogens is 1. The van der Waals surface area contributed by atoms with E-state index in [9.17, 15) is 13.2 Å². The highest BCUT2D eigenvalue weighted by Gasteiger charge is 2.25. The van der Waals surface area contributed by atoms with Gasteiger partial charge >= 0.3 is 0 Å². The van der Waals surface area contributed by atoms with E-state index in [-0.39, 0.29) is 5.91 Å². The number of piperidine rings is 1. The van der Waals surface area contributed by atoms with Gasteiger partial charge in [-0.1, -0.05) is 42.3 Å². The second kappa shape index (κ2) is 10.2. The van der Waals surface area contributed by atoms with Crippen molar-refractivity contribution < 1.29 is 13.2 Å². The van der Waals surface area contributed by atoms with Gasteiger partial charge in [0.1, 0.15) is 0 Å². The molecule has 1 fully saturated rings. The Morgan fingerprint density at radius 1 is 0.966 bits per heavy atom. The Hall–Kier alpha value is -1.89. The first-order valence-corrected chi connectivity index (χ1v) is 11.9. The van der Waals surface area contributed by atoms with E-state index < -0.39 is 10.0 Å². The predicted molar refractivity (Wildman–Crippen MR) is 116 cm³/mol. The maximum absolute atomic E-state index is 12.7. The van der Waals surface area contributed by atoms with Crippen molar-refractivity contribution in [2.75, 3.05) is 19.6 Å². The number of nitrogens with zero attached hydrogens (tertiary/aromatic N) is 1. The van der Waals surface area contributed by atoms with Gasteiger partial charge in [-0.25, -0.2) is 8.42 Å². The smallest absolute Gasteiger partial charge is 0.243 e. The van der Waals surface area contributed by atoms with Crippen molar-refractivity contribution in [2.24, 2.45) is 0 Å². The molecular weight excluding hydrogens is 408 g/mol. The lowest BCUT2D eigenvalue weighted by atomic mass is 10.1. The lowest BCUT2D eigenvalue weighted by Gasteiger charge is -2.25. The predicted octanol–water partition coefficient (Wildman–Crippen LogP) is 3.81. The molecule has 0 spiro atoms. The number of sulfonamides is 1. The third-order valence-corrected chi connectivity index (χ3v) is 7.29. The van der Waals surface area contributed by atoms with Crippen LogP contribution in [0.4, 0.5) is 0 Å². The van der Waals surface area contributed by atoms with Crippen LogP contribution in [0.15, 0.2) is 53.4 Å². The fourth-order valence-electron chi connectivity index (χ4n) is 3.47. The third kappa shape index (κ3) is 6.29. The first-order valence-electron chi connectivity index (χ1n) is 10.1. The molecule has 156 valence electrons. The van der Waals surface area contributed by atoms with Crippen LogP contribution >= 0.6 is 11.6 Å². The second-order valence-corrected chi connectivity index (χ2v) is 9.71. The summed E-state index contributed by atoms with van der Waals surface area (Å²) in [7, 11) is -3.41. The first kappa shape index (κ1) is 21.8. The fourth-order valence-corrected chi connectivity index (χ4v) is 5.20. The van der Waals surface area contributed by atoms with Crippen molar-refractivity contribution in [2.45, 2.75) is 43.4 Å². The molecule has 5 nitrogen and oxygen atoms in total. The van der Waals surface area contributed by atoms with Gasteiger partial charge in [0.15, 0.2) is 0 Å². The lowest BCUT2D eigenvalue weighted by Crippen LogP contribution is -2.35. The average molecular weight is 435 g/mol. The van der Waals surface area contributed by atoms with Crippen molar-refractivity contribution in [3.8, 4) is 0 Å². The number of amides is 1. The van der Waals surface area contributed by atoms with E-state index in [1.54, 1.807) is 28.6 Å². The molecule has 1 saturated heterocycles. The van der Waals surface area contributed by atoms with Crippen molar-refractivity contribution in [3.05, 3.63) is 64.7 Å². The van der Waals surface area contributed by atoms with E-state index in [2.05, 4.69) is 5.32 Å². The van der Waals surface area contributed by atoms with Crippen molar-refractivity contribution in [1.82, 2.24) is 9.62 Å². The quantitative estimate of drug-likeness (QED) is 0.687. The van der Waals surface area contributed by atoms with Gasteiger partial charge in [-0.15, -0.1) is 0 Å². The van der Waals surface area contributed by atoms with E-state index in [1.165, 1.54) is 0 Å². The highest BCUT2D eigenvalue weighted by molar-refractivity contribution is 7.89. The van der Waals surface area contributed by atoms with E-state index in [0.717, 1.165) is 36.8 Å². The Kier molecular flexibility index (Phi) is 7.70. The molecule has 0 aromatic heterocycles. The summed E-state index contributed by atoms with van der Waals surface area (Å²) in [6, 6.07) is 14.5. The Balaban J connectivity index is 1.45. The zero-order valence-corrected chi connectivity index (χ0v) is 18.0. The van der Waals surface area contributed by atoms with E-state index in [0.29, 0.717) is 42.4 Å². The number of benzene rings is 2. The maximum Gasteiger partial charge on any atom is 0.243 e. The Morgan fingerprint density at radius 2 is 1.69 bits per heavy atom. The largest absolute Gasteiger partial charge is 0.356 e. The monoisotopic (exact) mass is 434 g/mol. The molecule has 0 atom stereocenters. The zero-order chi connectivity index (χ0) is 20.7. The van der Waals surface area contributed by atoms with Gasteiger partial charge in [0, 0.05) is 31.1 Å². The molecule has 29 heavy (non-hydrogen) atoms. The number of rotatable bonds is 8. The second-order valence-electron chi connectivity index (χ2n) is 7.34. The van der Waals surface area contributed by atoms with Crippen LogP contribution in [0.2, 0.25) is 5.02 Å². The van der Waals surface area contributed by atoms with E-state index in [4.69, 9.17) is 11.6 Å². The topological polar surface area (TPSA) is 66.5 Å². The van der Waals surface area contributed by atoms with Gasteiger partial charge in [-0.2, -0.15) is 4.31 Å². The van der Waals surface area contributed by atoms with Crippen LogP contribution in [0.5, 0.6) is 0 Å². The van der Waals surface area contributed by atoms with Gasteiger partial charge in [0.25, 0.3) is 0 Å². The summed E-state index contributed by atoms with van der Waals surface area (Å²) >= 11 is 5.96. The summed E-state index contributed by atoms with van der Waals surface area (Å²) in [6.45, 7) is 1.76. The lowest BCUT2D eigenvalue weighted by molar-refractivity contribution is -0.121. The molecule has 0 radical (unpaired) electrons. The molecule has 0 unspecified atom stereocenters. The summed E-state index contributed by atoms with van der Waals surface area (Å²) < 4.78 is 26.9. The van der Waals surface area contributed by atoms with Crippen LogP contribution in [0.3, 0.4) is 0 Å². The highest BCUT2D eigenvalue weighted by atomic mass is 35.5. The fraction of sp³-hybridized carbons (Fsp3) is 0.409. The number of carbonyl (C=O) groups excluding carboxylic acids is 1. The van der Waals surface area contributed by atoms with Gasteiger partial charge in [0.05, 0.1) is 4.90 Å². The maximum atomic E-state index is 12.7. The molecule has 7 heteroatoms. The van der Waals surface area contributed by atoms with Gasteiger partial charge in [0.2, 0.25) is 15.9 Å². The van der Waals surface area contributed by atoms with Crippen LogP contribution in [0.1, 0.15) is 36.8 Å². The van der Waals surface area contributed by atoms with Gasteiger partial charge < -0.3 is 5.32 Å². The molecule has 2 aromatic rings. The van der Waals surface area contributed by atoms with Crippen LogP contribution < -0.4 is 5.32 Å². The molecule has 1 N–H and O–H groups in total. The molecule has 0 aliphatic carbocycles. The first-order chi connectivity index (χ1) is 13.9. The Labute approximate surface area is 178 Å². The minimum Gasteiger partial charge on any atom is -0.356 e. The van der Waals surface area contributed by atoms with Crippen LogP contribution in [0.25, 0.3) is 0 Å². The minimum atomic E-state index is -3.41. The normalized spacial score (nSPS) is 15.2. The van der Waals surface area contributed by atoms with E-state index in [1.807, 2.05) is 24.3 Å². The summed E-state index contributed by atoms with van der Waals surface area (Å²) in [5.41, 5.74) is 2.04. The zero-order valence-electron chi connectivity index (χ0n) is 16.4. The average Bonchev–Trinajstić information content (AvgIpc) is 2.73. The molecule has 2 aromatic carbocycles. The molecule has 1 amide bonds. The SMILES string of the molecule is O=C(CCc1ccc(S(=O)(=O)N2CCCCC2)cc1)NCCc1cccc(Cl)c1. The van der Waals surface area contributed by atoms with Crippen LogP contribution in [0, 0.1) is 0 Å². The van der Waals surface area contributed by atoms with Crippen molar-refractivity contribution in [3.63, 3.8) is 0 Å². The van der Waals surface area contributed by atoms with Crippen LogP contribution in [-0.4, -0.2) is 38.3 Å². The Morgan fingerprint density at radius 3 is 2.38 bits per heavy atom. The van der Waals surface area contributed by atoms with Crippen molar-refractivity contribution in [1.29, 1.82) is 0 Å². The molecule has 0 bridgehead atoms. The highest BCUT2D eigenvalue weighted by Crippen LogP contribution is 2.21. The third-order valence-electron chi connectivity index (χ3n) is 5.14. The molecule has 0 saturated carbocycles. The molecule has 1 aliphatic rings. The number of hydrogen-bond acceptors (Lipinski definition) is 3. The minimum absolute atomic E-state index is 0.0166. The van der Waals surface area contributed by atoms with Crippen molar-refractivity contribution >= 4 is 27.5 Å². The van der Waals surface area contributed by atoms with E-state index >= 15 is 0 Å². The number of nitrogens with one attached hydrogen (secondary N) is 1. The number of aryl methyl sites for hydroxylation is 1. The summed E-state index contributed by atoms with van der Waals surface area (Å²) in [5.74, 6) is -0.0166. The van der Waals surface area contributed by atoms with Gasteiger partial charge in [-0.3, -0.25) is 4.79 Å². The standard InChI is InChI=1S/C22H27ClN2O3S/c23-20-6-4-5-19(17-20)13-14-24-22(26)12-9-18-7-10-21(11-8-18)29(27,28)25-15-2-1-3-16-25/h4-8,10-11,17H,1-3,9,12-16H2,(H,24,26). The molecular formula is C22H27ClN2O3S. The summed E-state index contributed by atoms with van der Waals surface area (Å²) in [5, 5.41) is 3.61. The summed E-state index contributed by atoms with van der Waals surface area (Å²) in [4.78, 5) is 12.4. The van der Waals surface area contributed by atoms with Gasteiger partial charge in [-0.05, 0) is 61.1 Å². The van der Waals surface area contributed by atoms with Crippen LogP contribution in [-0.2, 0) is 27.7 Å². The Bertz CT molecular complexity index is 923. The molecule has 3 rings (SSSR count). The molecule has 1 heterocycles. The molecule has 1 aliphatic heterocycles.